The minimum atomic E-state index is -0.798. The van der Waals surface area contributed by atoms with E-state index in [0.29, 0.717) is 0 Å². The molecule has 3 rings (SSSR count). The Morgan fingerprint density at radius 2 is 2.10 bits per heavy atom. The van der Waals surface area contributed by atoms with Gasteiger partial charge >= 0.3 is 5.69 Å². The summed E-state index contributed by atoms with van der Waals surface area (Å²) in [6, 6.07) is 0. The monoisotopic (exact) mass is 348 g/mol. The highest BCUT2D eigenvalue weighted by Crippen LogP contribution is 2.42. The second-order valence-corrected chi connectivity index (χ2v) is 6.13. The lowest BCUT2D eigenvalue weighted by molar-refractivity contribution is -0.195. The number of aromatic nitrogens is 2. The summed E-state index contributed by atoms with van der Waals surface area (Å²) in [6.07, 6.45) is -0.790. The summed E-state index contributed by atoms with van der Waals surface area (Å²) in [7, 11) is 0. The van der Waals surface area contributed by atoms with Crippen molar-refractivity contribution in [2.75, 3.05) is 0 Å². The van der Waals surface area contributed by atoms with Crippen LogP contribution in [-0.4, -0.2) is 33.7 Å². The molecule has 3 heterocycles. The van der Waals surface area contributed by atoms with Gasteiger partial charge in [-0.15, -0.1) is 0 Å². The largest absolute Gasteiger partial charge is 0.349 e. The summed E-state index contributed by atoms with van der Waals surface area (Å²) >= 11 is 3.09. The lowest BCUT2D eigenvalue weighted by Crippen LogP contribution is -2.37. The molecule has 2 aliphatic heterocycles. The molecule has 2 fully saturated rings. The number of nitrogens with one attached hydrogen (secondary N) is 1. The molecule has 2 saturated heterocycles. The summed E-state index contributed by atoms with van der Waals surface area (Å²) in [5, 5.41) is 0. The van der Waals surface area contributed by atoms with Crippen LogP contribution < -0.4 is 11.2 Å². The van der Waals surface area contributed by atoms with Crippen molar-refractivity contribution >= 4 is 15.9 Å². The lowest BCUT2D eigenvalue weighted by Gasteiger charge is -2.23. The first-order valence-corrected chi connectivity index (χ1v) is 6.93. The Kier molecular flexibility index (Phi) is 2.88. The van der Waals surface area contributed by atoms with Gasteiger partial charge in [-0.1, -0.05) is 0 Å². The van der Waals surface area contributed by atoms with Gasteiger partial charge in [0.05, 0.1) is 10.6 Å². The number of halogens is 1. The molecule has 110 valence electrons. The number of hydrogen-bond donors (Lipinski definition) is 1. The zero-order chi connectivity index (χ0) is 15.4. The summed E-state index contributed by atoms with van der Waals surface area (Å²) in [6.45, 7) is 3.54. The Bertz CT molecular complexity index is 672. The van der Waals surface area contributed by atoms with Crippen LogP contribution in [-0.2, 0) is 14.2 Å². The molecule has 20 heavy (non-hydrogen) atoms. The van der Waals surface area contributed by atoms with Crippen LogP contribution in [0.25, 0.3) is 0 Å². The fourth-order valence-corrected chi connectivity index (χ4v) is 2.85. The molecule has 1 aromatic heterocycles. The third-order valence-electron chi connectivity index (χ3n) is 3.32. The van der Waals surface area contributed by atoms with E-state index in [1.807, 2.05) is 0 Å². The molecular formula is C12H15BrN2O5. The normalized spacial score (nSPS) is 35.9. The van der Waals surface area contributed by atoms with Gasteiger partial charge in [0, 0.05) is 7.57 Å². The van der Waals surface area contributed by atoms with Crippen molar-refractivity contribution in [2.24, 2.45) is 0 Å². The minimum absolute atomic E-state index is 0.00359. The molecule has 1 N–H and O–H groups in total. The van der Waals surface area contributed by atoms with Crippen LogP contribution in [0.5, 0.6) is 0 Å². The highest BCUT2D eigenvalue weighted by Gasteiger charge is 2.54. The molecule has 0 aliphatic carbocycles. The topological polar surface area (TPSA) is 82.6 Å². The van der Waals surface area contributed by atoms with Gasteiger partial charge in [0.15, 0.2) is 12.0 Å². The van der Waals surface area contributed by atoms with Gasteiger partial charge in [0.2, 0.25) is 0 Å². The standard InChI is InChI=1S/C12H15BrN2O5/c1-5-7-8(20-12(2,3)19-7)10(18-5)15-4-6(13)9(16)14-11(15)17/h4-5,7-8,10H,1-3H3,(H,14,16,17)/t5-,7+,8?,10-/m1/s1/i1T. The summed E-state index contributed by atoms with van der Waals surface area (Å²) in [5.41, 5.74) is -1.10. The smallest absolute Gasteiger partial charge is 0.330 e. The Morgan fingerprint density at radius 1 is 1.40 bits per heavy atom. The van der Waals surface area contributed by atoms with E-state index in [2.05, 4.69) is 20.9 Å². The predicted molar refractivity (Wildman–Crippen MR) is 72.4 cm³/mol. The van der Waals surface area contributed by atoms with Crippen LogP contribution >= 0.6 is 15.9 Å². The molecule has 1 unspecified atom stereocenters. The zero-order valence-electron chi connectivity index (χ0n) is 12.0. The Balaban J connectivity index is 2.01. The van der Waals surface area contributed by atoms with Crippen molar-refractivity contribution in [3.63, 3.8) is 0 Å². The van der Waals surface area contributed by atoms with Crippen molar-refractivity contribution in [1.29, 1.82) is 0 Å². The maximum Gasteiger partial charge on any atom is 0.330 e. The van der Waals surface area contributed by atoms with Crippen molar-refractivity contribution in [2.45, 2.75) is 51.1 Å². The van der Waals surface area contributed by atoms with Crippen molar-refractivity contribution < 1.29 is 15.6 Å². The molecule has 2 aliphatic rings. The molecule has 0 aromatic carbocycles. The van der Waals surface area contributed by atoms with Crippen molar-refractivity contribution in [3.8, 4) is 0 Å². The molecule has 7 nitrogen and oxygen atoms in total. The van der Waals surface area contributed by atoms with Gasteiger partial charge in [-0.3, -0.25) is 14.3 Å². The highest BCUT2D eigenvalue weighted by atomic mass is 79.9. The van der Waals surface area contributed by atoms with Crippen molar-refractivity contribution in [3.05, 3.63) is 31.5 Å². The molecule has 8 heteroatoms. The number of hydrogen-bond acceptors (Lipinski definition) is 5. The number of ether oxygens (including phenoxy) is 3. The second kappa shape index (κ2) is 4.52. The Labute approximate surface area is 124 Å². The number of fused-ring (bicyclic) bond motifs is 1. The molecule has 0 amide bonds. The first-order chi connectivity index (χ1) is 9.82. The van der Waals surface area contributed by atoms with Gasteiger partial charge in [-0.25, -0.2) is 4.79 Å². The van der Waals surface area contributed by atoms with Gasteiger partial charge in [-0.05, 0) is 36.7 Å². The first kappa shape index (κ1) is 12.8. The highest BCUT2D eigenvalue weighted by molar-refractivity contribution is 9.10. The van der Waals surface area contributed by atoms with E-state index < -0.39 is 41.6 Å². The van der Waals surface area contributed by atoms with Crippen LogP contribution in [0.15, 0.2) is 20.3 Å². The number of H-pyrrole nitrogens is 1. The molecule has 0 saturated carbocycles. The van der Waals surface area contributed by atoms with Gasteiger partial charge in [-0.2, -0.15) is 0 Å². The molecular weight excluding hydrogens is 332 g/mol. The summed E-state index contributed by atoms with van der Waals surface area (Å²) in [4.78, 5) is 25.6. The molecule has 1 aromatic rings. The van der Waals surface area contributed by atoms with E-state index in [1.54, 1.807) is 13.8 Å². The van der Waals surface area contributed by atoms with Gasteiger partial charge in [0.25, 0.3) is 5.56 Å². The van der Waals surface area contributed by atoms with Crippen LogP contribution in [0, 0.1) is 0 Å². The van der Waals surface area contributed by atoms with Crippen molar-refractivity contribution in [1.82, 2.24) is 9.55 Å². The average molecular weight is 349 g/mol. The number of nitrogens with zero attached hydrogens (tertiary/aromatic N) is 1. The Hall–Kier alpha value is -0.960. The maximum atomic E-state index is 12.0. The fraction of sp³-hybridized carbons (Fsp3) is 0.667. The van der Waals surface area contributed by atoms with E-state index in [9.17, 15) is 9.59 Å². The number of aromatic amines is 1. The lowest BCUT2D eigenvalue weighted by atomic mass is 10.1. The van der Waals surface area contributed by atoms with E-state index in [4.69, 9.17) is 15.6 Å². The second-order valence-electron chi connectivity index (χ2n) is 5.27. The SMILES string of the molecule is [3H]C[C@H]1O[C@@H](n2cc(Br)c(=O)[nH]c2=O)C2OC(C)(C)O[C@H]21. The Morgan fingerprint density at radius 3 is 2.80 bits per heavy atom. The predicted octanol–water partition coefficient (Wildman–Crippen LogP) is 0.736. The molecule has 0 bridgehead atoms. The summed E-state index contributed by atoms with van der Waals surface area (Å²) < 4.78 is 26.3. The van der Waals surface area contributed by atoms with Crippen LogP contribution in [0.2, 0.25) is 0 Å². The van der Waals surface area contributed by atoms with Crippen LogP contribution in [0.1, 0.15) is 28.3 Å². The quantitative estimate of drug-likeness (QED) is 0.809. The van der Waals surface area contributed by atoms with Gasteiger partial charge < -0.3 is 14.2 Å². The summed E-state index contributed by atoms with van der Waals surface area (Å²) in [5.74, 6) is -0.798. The first-order valence-electron chi connectivity index (χ1n) is 6.84. The van der Waals surface area contributed by atoms with Crippen LogP contribution in [0.4, 0.5) is 0 Å². The third-order valence-corrected chi connectivity index (χ3v) is 3.89. The van der Waals surface area contributed by atoms with E-state index in [0.717, 1.165) is 0 Å². The average Bonchev–Trinajstić information content (AvgIpc) is 2.87. The van der Waals surface area contributed by atoms with E-state index in [1.165, 1.54) is 10.8 Å². The molecule has 0 spiro atoms. The maximum absolute atomic E-state index is 12.0. The van der Waals surface area contributed by atoms with Crippen LogP contribution in [0.3, 0.4) is 0 Å². The van der Waals surface area contributed by atoms with E-state index in [-0.39, 0.29) is 11.4 Å². The fourth-order valence-electron chi connectivity index (χ4n) is 2.53. The zero-order valence-corrected chi connectivity index (χ0v) is 12.5. The number of rotatable bonds is 1. The van der Waals surface area contributed by atoms with E-state index >= 15 is 0 Å². The molecule has 0 radical (unpaired) electrons. The molecule has 4 atom stereocenters. The third kappa shape index (κ3) is 2.16. The van der Waals surface area contributed by atoms with Gasteiger partial charge in [0.1, 0.15) is 12.2 Å². The minimum Gasteiger partial charge on any atom is -0.349 e.